The Morgan fingerprint density at radius 2 is 1.63 bits per heavy atom. The number of fused-ring (bicyclic) bond motifs is 1. The first-order valence-corrected chi connectivity index (χ1v) is 11.5. The quantitative estimate of drug-likeness (QED) is 0.262. The predicted octanol–water partition coefficient (Wildman–Crippen LogP) is 8.52. The van der Waals surface area contributed by atoms with Gasteiger partial charge in [-0.25, -0.2) is 0 Å². The smallest absolute Gasteiger partial charge is 0.148 e. The second kappa shape index (κ2) is 9.42. The molecule has 0 aromatic heterocycles. The molecule has 0 saturated heterocycles. The molecular formula is C25H20Br2ClNO. The highest BCUT2D eigenvalue weighted by molar-refractivity contribution is 9.11. The Kier molecular flexibility index (Phi) is 6.67. The summed E-state index contributed by atoms with van der Waals surface area (Å²) in [5.74, 6) is 0.796. The van der Waals surface area contributed by atoms with E-state index in [9.17, 15) is 0 Å². The second-order valence-corrected chi connectivity index (χ2v) is 9.25. The van der Waals surface area contributed by atoms with Crippen LogP contribution in [0.4, 0.5) is 5.69 Å². The number of ether oxygens (including phenoxy) is 1. The molecule has 4 aromatic carbocycles. The fraction of sp³-hybridized carbons (Fsp3) is 0.120. The summed E-state index contributed by atoms with van der Waals surface area (Å²) < 4.78 is 8.00. The number of anilines is 1. The van der Waals surface area contributed by atoms with Crippen LogP contribution >= 0.6 is 43.5 Å². The third-order valence-corrected chi connectivity index (χ3v) is 6.56. The van der Waals surface area contributed by atoms with Crippen LogP contribution < -0.4 is 10.1 Å². The van der Waals surface area contributed by atoms with Gasteiger partial charge < -0.3 is 10.1 Å². The lowest BCUT2D eigenvalue weighted by Crippen LogP contribution is -2.02. The van der Waals surface area contributed by atoms with Crippen LogP contribution in [-0.2, 0) is 13.2 Å². The standard InChI is InChI=1S/C25H20Br2ClNO/c1-16-9-10-20(13-24(16)28)29-14-17-11-22(26)25(23(27)12-17)30-15-19-7-4-6-18-5-2-3-8-21(18)19/h2-13,29H,14-15H2,1H3. The van der Waals surface area contributed by atoms with Crippen LogP contribution in [0.5, 0.6) is 5.75 Å². The van der Waals surface area contributed by atoms with Crippen molar-refractivity contribution >= 4 is 59.9 Å². The third-order valence-electron chi connectivity index (χ3n) is 4.98. The van der Waals surface area contributed by atoms with E-state index in [4.69, 9.17) is 16.3 Å². The Bertz CT molecular complexity index is 1180. The first-order valence-electron chi connectivity index (χ1n) is 9.58. The van der Waals surface area contributed by atoms with E-state index >= 15 is 0 Å². The molecule has 30 heavy (non-hydrogen) atoms. The van der Waals surface area contributed by atoms with Crippen LogP contribution in [0.25, 0.3) is 10.8 Å². The van der Waals surface area contributed by atoms with Gasteiger partial charge in [0.05, 0.1) is 8.95 Å². The molecule has 0 spiro atoms. The third kappa shape index (κ3) is 4.83. The van der Waals surface area contributed by atoms with E-state index < -0.39 is 0 Å². The van der Waals surface area contributed by atoms with E-state index in [-0.39, 0.29) is 0 Å². The SMILES string of the molecule is Cc1ccc(NCc2cc(Br)c(OCc3cccc4ccccc34)c(Br)c2)cc1Cl. The highest BCUT2D eigenvalue weighted by Crippen LogP contribution is 2.36. The summed E-state index contributed by atoms with van der Waals surface area (Å²) in [6, 6.07) is 24.8. The molecule has 0 radical (unpaired) electrons. The van der Waals surface area contributed by atoms with E-state index in [0.717, 1.165) is 42.1 Å². The van der Waals surface area contributed by atoms with Gasteiger partial charge in [-0.1, -0.05) is 60.1 Å². The summed E-state index contributed by atoms with van der Waals surface area (Å²) in [5, 5.41) is 6.61. The van der Waals surface area contributed by atoms with Crippen molar-refractivity contribution in [3.05, 3.63) is 103 Å². The minimum Gasteiger partial charge on any atom is -0.487 e. The van der Waals surface area contributed by atoms with Crippen molar-refractivity contribution in [3.63, 3.8) is 0 Å². The molecule has 0 atom stereocenters. The van der Waals surface area contributed by atoms with Crippen molar-refractivity contribution in [3.8, 4) is 5.75 Å². The molecule has 0 aliphatic heterocycles. The summed E-state index contributed by atoms with van der Waals surface area (Å²) in [5.41, 5.74) is 4.35. The summed E-state index contributed by atoms with van der Waals surface area (Å²) in [6.07, 6.45) is 0. The Balaban J connectivity index is 1.47. The first-order chi connectivity index (χ1) is 14.5. The Morgan fingerprint density at radius 3 is 2.40 bits per heavy atom. The molecule has 0 bridgehead atoms. The molecule has 0 amide bonds. The molecule has 0 fully saturated rings. The van der Waals surface area contributed by atoms with Crippen LogP contribution in [-0.4, -0.2) is 0 Å². The van der Waals surface area contributed by atoms with Gasteiger partial charge in [0.15, 0.2) is 0 Å². The van der Waals surface area contributed by atoms with Gasteiger partial charge in [0, 0.05) is 17.3 Å². The number of hydrogen-bond donors (Lipinski definition) is 1. The summed E-state index contributed by atoms with van der Waals surface area (Å²) in [6.45, 7) is 3.18. The van der Waals surface area contributed by atoms with Gasteiger partial charge in [0.25, 0.3) is 0 Å². The van der Waals surface area contributed by atoms with E-state index in [1.165, 1.54) is 10.8 Å². The average Bonchev–Trinajstić information content (AvgIpc) is 2.74. The number of aryl methyl sites for hydroxylation is 1. The topological polar surface area (TPSA) is 21.3 Å². The van der Waals surface area contributed by atoms with Crippen molar-refractivity contribution < 1.29 is 4.74 Å². The number of halogens is 3. The minimum atomic E-state index is 0.498. The molecule has 152 valence electrons. The summed E-state index contributed by atoms with van der Waals surface area (Å²) >= 11 is 13.5. The van der Waals surface area contributed by atoms with E-state index in [1.807, 2.05) is 25.1 Å². The Morgan fingerprint density at radius 1 is 0.900 bits per heavy atom. The van der Waals surface area contributed by atoms with Crippen molar-refractivity contribution in [2.45, 2.75) is 20.1 Å². The van der Waals surface area contributed by atoms with Gasteiger partial charge in [-0.2, -0.15) is 0 Å². The van der Waals surface area contributed by atoms with Crippen LogP contribution in [0.3, 0.4) is 0 Å². The van der Waals surface area contributed by atoms with Crippen molar-refractivity contribution in [2.24, 2.45) is 0 Å². The molecule has 2 nitrogen and oxygen atoms in total. The highest BCUT2D eigenvalue weighted by atomic mass is 79.9. The summed E-state index contributed by atoms with van der Waals surface area (Å²) in [7, 11) is 0. The van der Waals surface area contributed by atoms with Gasteiger partial charge in [0.2, 0.25) is 0 Å². The van der Waals surface area contributed by atoms with E-state index in [1.54, 1.807) is 0 Å². The Hall–Kier alpha value is -2.01. The maximum Gasteiger partial charge on any atom is 0.148 e. The van der Waals surface area contributed by atoms with Gasteiger partial charge in [-0.3, -0.25) is 0 Å². The van der Waals surface area contributed by atoms with Gasteiger partial charge in [-0.15, -0.1) is 0 Å². The zero-order valence-corrected chi connectivity index (χ0v) is 20.3. The lowest BCUT2D eigenvalue weighted by atomic mass is 10.1. The molecule has 4 rings (SSSR count). The fourth-order valence-corrected chi connectivity index (χ4v) is 5.02. The molecule has 0 heterocycles. The fourth-order valence-electron chi connectivity index (χ4n) is 3.33. The molecule has 0 unspecified atom stereocenters. The first kappa shape index (κ1) is 21.2. The number of rotatable bonds is 6. The van der Waals surface area contributed by atoms with Crippen molar-refractivity contribution in [1.82, 2.24) is 0 Å². The second-order valence-electron chi connectivity index (χ2n) is 7.13. The molecular weight excluding hydrogens is 526 g/mol. The molecule has 5 heteroatoms. The average molecular weight is 546 g/mol. The zero-order valence-electron chi connectivity index (χ0n) is 16.4. The number of hydrogen-bond acceptors (Lipinski definition) is 2. The number of nitrogens with one attached hydrogen (secondary N) is 1. The highest BCUT2D eigenvalue weighted by Gasteiger charge is 2.11. The van der Waals surface area contributed by atoms with Crippen LogP contribution in [0.2, 0.25) is 5.02 Å². The normalized spacial score (nSPS) is 10.9. The lowest BCUT2D eigenvalue weighted by Gasteiger charge is -2.14. The number of benzene rings is 4. The van der Waals surface area contributed by atoms with Crippen molar-refractivity contribution in [1.29, 1.82) is 0 Å². The zero-order chi connectivity index (χ0) is 21.1. The van der Waals surface area contributed by atoms with Crippen LogP contribution in [0, 0.1) is 6.92 Å². The van der Waals surface area contributed by atoms with Crippen molar-refractivity contribution in [2.75, 3.05) is 5.32 Å². The molecule has 0 aliphatic rings. The van der Waals surface area contributed by atoms with Crippen LogP contribution in [0.15, 0.2) is 81.7 Å². The molecule has 0 aliphatic carbocycles. The monoisotopic (exact) mass is 543 g/mol. The maximum absolute atomic E-state index is 6.22. The summed E-state index contributed by atoms with van der Waals surface area (Å²) in [4.78, 5) is 0. The molecule has 0 saturated carbocycles. The lowest BCUT2D eigenvalue weighted by molar-refractivity contribution is 0.303. The van der Waals surface area contributed by atoms with Crippen LogP contribution in [0.1, 0.15) is 16.7 Å². The predicted molar refractivity (Wildman–Crippen MR) is 134 cm³/mol. The van der Waals surface area contributed by atoms with Gasteiger partial charge in [-0.05, 0) is 90.5 Å². The minimum absolute atomic E-state index is 0.498. The largest absolute Gasteiger partial charge is 0.487 e. The van der Waals surface area contributed by atoms with E-state index in [0.29, 0.717) is 13.2 Å². The van der Waals surface area contributed by atoms with Gasteiger partial charge in [0.1, 0.15) is 12.4 Å². The van der Waals surface area contributed by atoms with E-state index in [2.05, 4.69) is 91.8 Å². The maximum atomic E-state index is 6.22. The van der Waals surface area contributed by atoms with Gasteiger partial charge >= 0.3 is 0 Å². The molecule has 1 N–H and O–H groups in total. The Labute approximate surface area is 198 Å². The molecule has 4 aromatic rings.